The summed E-state index contributed by atoms with van der Waals surface area (Å²) in [5.74, 6) is 0.904. The van der Waals surface area contributed by atoms with Crippen LogP contribution in [0.5, 0.6) is 0 Å². The van der Waals surface area contributed by atoms with Gasteiger partial charge in [0.25, 0.3) is 0 Å². The number of piperidine rings is 1. The van der Waals surface area contributed by atoms with Gasteiger partial charge in [-0.25, -0.2) is 8.42 Å². The first-order valence-corrected chi connectivity index (χ1v) is 8.35. The number of hydrogen-bond acceptors (Lipinski definition) is 2. The van der Waals surface area contributed by atoms with E-state index in [0.717, 1.165) is 12.8 Å². The van der Waals surface area contributed by atoms with E-state index < -0.39 is 10.0 Å². The van der Waals surface area contributed by atoms with Crippen molar-refractivity contribution >= 4 is 21.6 Å². The summed E-state index contributed by atoms with van der Waals surface area (Å²) in [6, 6.07) is 0.274. The fourth-order valence-electron chi connectivity index (χ4n) is 3.14. The number of hydrogen-bond donors (Lipinski definition) is 0. The van der Waals surface area contributed by atoms with Crippen molar-refractivity contribution in [2.75, 3.05) is 18.2 Å². The van der Waals surface area contributed by atoms with Gasteiger partial charge in [-0.1, -0.05) is 12.8 Å². The second kappa shape index (κ2) is 5.23. The van der Waals surface area contributed by atoms with Crippen LogP contribution in [0.3, 0.4) is 0 Å². The second-order valence-electron chi connectivity index (χ2n) is 4.87. The number of rotatable bonds is 3. The van der Waals surface area contributed by atoms with Crippen molar-refractivity contribution in [2.24, 2.45) is 5.92 Å². The van der Waals surface area contributed by atoms with Crippen molar-refractivity contribution in [2.45, 2.75) is 44.6 Å². The van der Waals surface area contributed by atoms with E-state index in [0.29, 0.717) is 12.5 Å². The van der Waals surface area contributed by atoms with Crippen molar-refractivity contribution in [3.05, 3.63) is 0 Å². The fourth-order valence-corrected chi connectivity index (χ4v) is 5.25. The average Bonchev–Trinajstić information content (AvgIpc) is 2.28. The highest BCUT2D eigenvalue weighted by molar-refractivity contribution is 7.89. The van der Waals surface area contributed by atoms with Gasteiger partial charge in [-0.3, -0.25) is 0 Å². The van der Waals surface area contributed by atoms with Crippen LogP contribution in [0.4, 0.5) is 0 Å². The van der Waals surface area contributed by atoms with Crippen LogP contribution in [-0.2, 0) is 10.0 Å². The zero-order valence-electron chi connectivity index (χ0n) is 9.57. The molecule has 0 radical (unpaired) electrons. The van der Waals surface area contributed by atoms with E-state index in [-0.39, 0.29) is 17.7 Å². The Morgan fingerprint density at radius 1 is 1.12 bits per heavy atom. The van der Waals surface area contributed by atoms with Gasteiger partial charge in [-0.15, -0.1) is 11.6 Å². The minimum absolute atomic E-state index is 0.0950. The van der Waals surface area contributed by atoms with Gasteiger partial charge < -0.3 is 0 Å². The third-order valence-corrected chi connectivity index (χ3v) is 6.19. The number of nitrogens with zero attached hydrogens (tertiary/aromatic N) is 1. The topological polar surface area (TPSA) is 37.4 Å². The number of fused-ring (bicyclic) bond motifs is 1. The molecular formula is C11H20ClNO2S. The molecule has 1 heterocycles. The van der Waals surface area contributed by atoms with Crippen molar-refractivity contribution in [1.82, 2.24) is 4.31 Å². The Hall–Kier alpha value is 0.200. The molecule has 0 N–H and O–H groups in total. The SMILES string of the molecule is O=S(=O)(CCCl)N1CCC[C@H]2CCCC[C@H]21. The van der Waals surface area contributed by atoms with Gasteiger partial charge in [0, 0.05) is 18.5 Å². The lowest BCUT2D eigenvalue weighted by Crippen LogP contribution is -2.50. The molecule has 2 fully saturated rings. The summed E-state index contributed by atoms with van der Waals surface area (Å²) in [4.78, 5) is 0. The minimum Gasteiger partial charge on any atom is -0.212 e. The zero-order chi connectivity index (χ0) is 11.6. The van der Waals surface area contributed by atoms with E-state index in [2.05, 4.69) is 0 Å². The van der Waals surface area contributed by atoms with Crippen LogP contribution in [0.15, 0.2) is 0 Å². The Kier molecular flexibility index (Phi) is 4.14. The molecule has 3 nitrogen and oxygen atoms in total. The number of alkyl halides is 1. The number of sulfonamides is 1. The zero-order valence-corrected chi connectivity index (χ0v) is 11.1. The molecule has 1 saturated heterocycles. The quantitative estimate of drug-likeness (QED) is 0.734. The van der Waals surface area contributed by atoms with Gasteiger partial charge in [-0.2, -0.15) is 4.31 Å². The Labute approximate surface area is 103 Å². The van der Waals surface area contributed by atoms with Crippen LogP contribution < -0.4 is 0 Å². The second-order valence-corrected chi connectivity index (χ2v) is 7.29. The van der Waals surface area contributed by atoms with Crippen LogP contribution in [0.1, 0.15) is 38.5 Å². The highest BCUT2D eigenvalue weighted by atomic mass is 35.5. The summed E-state index contributed by atoms with van der Waals surface area (Å²) >= 11 is 5.57. The molecule has 5 heteroatoms. The maximum Gasteiger partial charge on any atom is 0.215 e. The van der Waals surface area contributed by atoms with Gasteiger partial charge in [-0.05, 0) is 31.6 Å². The molecule has 2 atom stereocenters. The summed E-state index contributed by atoms with van der Waals surface area (Å²) in [5, 5.41) is 0. The van der Waals surface area contributed by atoms with Crippen molar-refractivity contribution < 1.29 is 8.42 Å². The van der Waals surface area contributed by atoms with Gasteiger partial charge in [0.15, 0.2) is 0 Å². The summed E-state index contributed by atoms with van der Waals surface area (Å²) < 4.78 is 25.9. The molecule has 0 aromatic heterocycles. The highest BCUT2D eigenvalue weighted by Crippen LogP contribution is 2.36. The Balaban J connectivity index is 2.13. The van der Waals surface area contributed by atoms with Gasteiger partial charge in [0.2, 0.25) is 10.0 Å². The molecule has 0 aromatic rings. The first-order chi connectivity index (χ1) is 7.65. The summed E-state index contributed by atoms with van der Waals surface area (Å²) in [5.41, 5.74) is 0. The number of halogens is 1. The lowest BCUT2D eigenvalue weighted by Gasteiger charge is -2.43. The van der Waals surface area contributed by atoms with Crippen LogP contribution >= 0.6 is 11.6 Å². The van der Waals surface area contributed by atoms with Crippen LogP contribution in [0.2, 0.25) is 0 Å². The lowest BCUT2D eigenvalue weighted by molar-refractivity contribution is 0.129. The maximum atomic E-state index is 12.1. The minimum atomic E-state index is -3.10. The van der Waals surface area contributed by atoms with E-state index in [1.807, 2.05) is 0 Å². The standard InChI is InChI=1S/C11H20ClNO2S/c12-7-9-16(14,15)13-8-3-5-10-4-1-2-6-11(10)13/h10-11H,1-9H2/t10-,11-/m1/s1. The predicted molar refractivity (Wildman–Crippen MR) is 66.2 cm³/mol. The Morgan fingerprint density at radius 3 is 2.56 bits per heavy atom. The van der Waals surface area contributed by atoms with Gasteiger partial charge in [0.05, 0.1) is 5.75 Å². The fraction of sp³-hybridized carbons (Fsp3) is 1.00. The molecular weight excluding hydrogens is 246 g/mol. The van der Waals surface area contributed by atoms with Crippen LogP contribution in [0, 0.1) is 5.92 Å². The average molecular weight is 266 g/mol. The van der Waals surface area contributed by atoms with E-state index in [9.17, 15) is 8.42 Å². The monoisotopic (exact) mass is 265 g/mol. The first-order valence-electron chi connectivity index (χ1n) is 6.20. The molecule has 0 amide bonds. The third kappa shape index (κ3) is 2.54. The molecule has 16 heavy (non-hydrogen) atoms. The van der Waals surface area contributed by atoms with E-state index in [4.69, 9.17) is 11.6 Å². The van der Waals surface area contributed by atoms with E-state index >= 15 is 0 Å². The molecule has 0 spiro atoms. The van der Waals surface area contributed by atoms with Gasteiger partial charge >= 0.3 is 0 Å². The van der Waals surface area contributed by atoms with Crippen LogP contribution in [-0.4, -0.2) is 36.9 Å². The van der Waals surface area contributed by atoms with Crippen molar-refractivity contribution in [3.63, 3.8) is 0 Å². The van der Waals surface area contributed by atoms with E-state index in [1.165, 1.54) is 25.7 Å². The summed E-state index contributed by atoms with van der Waals surface area (Å²) in [6.45, 7) is 0.709. The van der Waals surface area contributed by atoms with Crippen molar-refractivity contribution in [1.29, 1.82) is 0 Å². The molecule has 0 aromatic carbocycles. The molecule has 2 rings (SSSR count). The predicted octanol–water partition coefficient (Wildman–Crippen LogP) is 2.21. The lowest BCUT2D eigenvalue weighted by atomic mass is 9.79. The van der Waals surface area contributed by atoms with Crippen molar-refractivity contribution in [3.8, 4) is 0 Å². The molecule has 1 saturated carbocycles. The third-order valence-electron chi connectivity index (χ3n) is 3.88. The molecule has 0 unspecified atom stereocenters. The van der Waals surface area contributed by atoms with Gasteiger partial charge in [0.1, 0.15) is 0 Å². The molecule has 0 bridgehead atoms. The normalized spacial score (nSPS) is 32.3. The maximum absolute atomic E-state index is 12.1. The van der Waals surface area contributed by atoms with Crippen LogP contribution in [0.25, 0.3) is 0 Å². The summed E-state index contributed by atoms with van der Waals surface area (Å²) in [7, 11) is -3.10. The van der Waals surface area contributed by atoms with E-state index in [1.54, 1.807) is 4.31 Å². The molecule has 94 valence electrons. The Morgan fingerprint density at radius 2 is 1.81 bits per heavy atom. The highest BCUT2D eigenvalue weighted by Gasteiger charge is 2.38. The molecule has 1 aliphatic heterocycles. The largest absolute Gasteiger partial charge is 0.215 e. The smallest absolute Gasteiger partial charge is 0.212 e. The first kappa shape index (κ1) is 12.7. The molecule has 2 aliphatic rings. The Bertz CT molecular complexity index is 329. The summed E-state index contributed by atoms with van der Waals surface area (Å²) in [6.07, 6.45) is 6.92. The molecule has 1 aliphatic carbocycles.